The van der Waals surface area contributed by atoms with Crippen LogP contribution in [0.4, 0.5) is 14.7 Å². The molecule has 106 valence electrons. The van der Waals surface area contributed by atoms with Crippen LogP contribution in [0.3, 0.4) is 0 Å². The molecule has 2 rings (SSSR count). The van der Waals surface area contributed by atoms with E-state index >= 15 is 0 Å². The minimum absolute atomic E-state index is 0.106. The lowest BCUT2D eigenvalue weighted by molar-refractivity contribution is 0.392. The van der Waals surface area contributed by atoms with Crippen LogP contribution in [0.2, 0.25) is 5.28 Å². The minimum atomic E-state index is -1.12. The average molecular weight is 301 g/mol. The van der Waals surface area contributed by atoms with Gasteiger partial charge in [0.15, 0.2) is 11.6 Å². The standard InChI is InChI=1S/C12H11ClF2N4O/c1-2-6-16-11-17-10(13)18-12(19-11)20-8-5-3-4-7(14)9(8)15/h3-5H,2,6H2,1H3,(H,16,17,18,19). The first kappa shape index (κ1) is 14.4. The molecule has 0 amide bonds. The van der Waals surface area contributed by atoms with Crippen LogP contribution < -0.4 is 10.1 Å². The van der Waals surface area contributed by atoms with Crippen molar-refractivity contribution in [3.05, 3.63) is 35.1 Å². The summed E-state index contributed by atoms with van der Waals surface area (Å²) in [4.78, 5) is 11.4. The maximum absolute atomic E-state index is 13.5. The molecular formula is C12H11ClF2N4O. The number of hydrogen-bond acceptors (Lipinski definition) is 5. The van der Waals surface area contributed by atoms with Crippen molar-refractivity contribution in [2.45, 2.75) is 13.3 Å². The van der Waals surface area contributed by atoms with Crippen molar-refractivity contribution in [1.82, 2.24) is 15.0 Å². The molecule has 0 spiro atoms. The molecule has 0 fully saturated rings. The van der Waals surface area contributed by atoms with Crippen molar-refractivity contribution in [3.8, 4) is 11.8 Å². The third-order valence-corrected chi connectivity index (χ3v) is 2.41. The van der Waals surface area contributed by atoms with Crippen LogP contribution in [-0.4, -0.2) is 21.5 Å². The number of aromatic nitrogens is 3. The highest BCUT2D eigenvalue weighted by Gasteiger charge is 2.13. The number of rotatable bonds is 5. The highest BCUT2D eigenvalue weighted by Crippen LogP contribution is 2.24. The summed E-state index contributed by atoms with van der Waals surface area (Å²) in [6.07, 6.45) is 0.859. The van der Waals surface area contributed by atoms with E-state index in [0.29, 0.717) is 6.54 Å². The minimum Gasteiger partial charge on any atom is -0.421 e. The molecule has 0 atom stereocenters. The summed E-state index contributed by atoms with van der Waals surface area (Å²) in [5, 5.41) is 2.79. The molecule has 2 aromatic rings. The van der Waals surface area contributed by atoms with Crippen molar-refractivity contribution >= 4 is 17.5 Å². The Hall–Kier alpha value is -2.02. The van der Waals surface area contributed by atoms with Gasteiger partial charge >= 0.3 is 6.01 Å². The molecule has 0 radical (unpaired) electrons. The molecule has 1 aromatic carbocycles. The van der Waals surface area contributed by atoms with E-state index in [-0.39, 0.29) is 23.0 Å². The van der Waals surface area contributed by atoms with Gasteiger partial charge in [0, 0.05) is 6.54 Å². The van der Waals surface area contributed by atoms with E-state index in [0.717, 1.165) is 12.5 Å². The Morgan fingerprint density at radius 3 is 2.80 bits per heavy atom. The van der Waals surface area contributed by atoms with Gasteiger partial charge in [0.2, 0.25) is 17.0 Å². The first-order valence-electron chi connectivity index (χ1n) is 5.87. The topological polar surface area (TPSA) is 59.9 Å². The van der Waals surface area contributed by atoms with Gasteiger partial charge in [-0.05, 0) is 30.2 Å². The van der Waals surface area contributed by atoms with Crippen LogP contribution in [0.5, 0.6) is 11.8 Å². The fourth-order valence-electron chi connectivity index (χ4n) is 1.35. The Bertz CT molecular complexity index is 612. The van der Waals surface area contributed by atoms with Crippen molar-refractivity contribution in [2.24, 2.45) is 0 Å². The van der Waals surface area contributed by atoms with E-state index in [2.05, 4.69) is 20.3 Å². The molecule has 0 bridgehead atoms. The molecule has 1 aromatic heterocycles. The smallest absolute Gasteiger partial charge is 0.328 e. The second-order valence-electron chi connectivity index (χ2n) is 3.79. The predicted octanol–water partition coefficient (Wildman–Crippen LogP) is 3.42. The van der Waals surface area contributed by atoms with E-state index in [1.54, 1.807) is 0 Å². The third kappa shape index (κ3) is 3.51. The van der Waals surface area contributed by atoms with Crippen LogP contribution in [0, 0.1) is 11.6 Å². The SMILES string of the molecule is CCCNc1nc(Cl)nc(Oc2cccc(F)c2F)n1. The number of benzene rings is 1. The average Bonchev–Trinajstić information content (AvgIpc) is 2.41. The summed E-state index contributed by atoms with van der Waals surface area (Å²) in [7, 11) is 0. The van der Waals surface area contributed by atoms with Gasteiger partial charge in [-0.2, -0.15) is 19.3 Å². The molecule has 1 N–H and O–H groups in total. The van der Waals surface area contributed by atoms with Gasteiger partial charge in [0.1, 0.15) is 0 Å². The fraction of sp³-hybridized carbons (Fsp3) is 0.250. The second-order valence-corrected chi connectivity index (χ2v) is 4.13. The molecular weight excluding hydrogens is 290 g/mol. The molecule has 0 saturated heterocycles. The molecule has 0 aliphatic rings. The molecule has 1 heterocycles. The highest BCUT2D eigenvalue weighted by molar-refractivity contribution is 6.28. The lowest BCUT2D eigenvalue weighted by Gasteiger charge is -2.07. The summed E-state index contributed by atoms with van der Waals surface area (Å²) >= 11 is 5.72. The van der Waals surface area contributed by atoms with Gasteiger partial charge in [-0.15, -0.1) is 0 Å². The molecule has 0 aliphatic carbocycles. The Kier molecular flexibility index (Phi) is 4.62. The van der Waals surface area contributed by atoms with Crippen LogP contribution in [0.25, 0.3) is 0 Å². The first-order valence-corrected chi connectivity index (χ1v) is 6.25. The normalized spacial score (nSPS) is 10.4. The summed E-state index contributed by atoms with van der Waals surface area (Å²) in [6.45, 7) is 2.60. The first-order chi connectivity index (χ1) is 9.60. The van der Waals surface area contributed by atoms with Gasteiger partial charge in [-0.1, -0.05) is 13.0 Å². The summed E-state index contributed by atoms with van der Waals surface area (Å²) < 4.78 is 31.6. The molecule has 0 aliphatic heterocycles. The van der Waals surface area contributed by atoms with E-state index in [1.165, 1.54) is 12.1 Å². The van der Waals surface area contributed by atoms with E-state index in [9.17, 15) is 8.78 Å². The summed E-state index contributed by atoms with van der Waals surface area (Å²) in [6, 6.07) is 3.34. The highest BCUT2D eigenvalue weighted by atomic mass is 35.5. The van der Waals surface area contributed by atoms with Crippen LogP contribution >= 0.6 is 11.6 Å². The Labute approximate surface area is 119 Å². The zero-order chi connectivity index (χ0) is 14.5. The number of hydrogen-bond donors (Lipinski definition) is 1. The maximum Gasteiger partial charge on any atom is 0.328 e. The number of anilines is 1. The molecule has 0 unspecified atom stereocenters. The second kappa shape index (κ2) is 6.42. The van der Waals surface area contributed by atoms with E-state index in [1.807, 2.05) is 6.92 Å². The zero-order valence-corrected chi connectivity index (χ0v) is 11.3. The van der Waals surface area contributed by atoms with E-state index < -0.39 is 11.6 Å². The number of nitrogens with zero attached hydrogens (tertiary/aromatic N) is 3. The van der Waals surface area contributed by atoms with Crippen LogP contribution in [-0.2, 0) is 0 Å². The van der Waals surface area contributed by atoms with Crippen molar-refractivity contribution < 1.29 is 13.5 Å². The molecule has 0 saturated carbocycles. The molecule has 20 heavy (non-hydrogen) atoms. The molecule has 5 nitrogen and oxygen atoms in total. The molecule has 8 heteroatoms. The summed E-state index contributed by atoms with van der Waals surface area (Å²) in [5.41, 5.74) is 0. The lowest BCUT2D eigenvalue weighted by Crippen LogP contribution is -2.06. The predicted molar refractivity (Wildman–Crippen MR) is 70.0 cm³/mol. The number of nitrogens with one attached hydrogen (secondary N) is 1. The fourth-order valence-corrected chi connectivity index (χ4v) is 1.51. The number of halogens is 3. The Morgan fingerprint density at radius 2 is 2.05 bits per heavy atom. The van der Waals surface area contributed by atoms with Crippen LogP contribution in [0.1, 0.15) is 13.3 Å². The monoisotopic (exact) mass is 300 g/mol. The summed E-state index contributed by atoms with van der Waals surface area (Å²) in [5.74, 6) is -2.26. The maximum atomic E-state index is 13.5. The van der Waals surface area contributed by atoms with E-state index in [4.69, 9.17) is 16.3 Å². The Morgan fingerprint density at radius 1 is 1.25 bits per heavy atom. The van der Waals surface area contributed by atoms with Crippen molar-refractivity contribution in [2.75, 3.05) is 11.9 Å². The lowest BCUT2D eigenvalue weighted by atomic mass is 10.3. The zero-order valence-electron chi connectivity index (χ0n) is 10.5. The van der Waals surface area contributed by atoms with Gasteiger partial charge in [-0.25, -0.2) is 4.39 Å². The van der Waals surface area contributed by atoms with Crippen molar-refractivity contribution in [3.63, 3.8) is 0 Å². The third-order valence-electron chi connectivity index (χ3n) is 2.24. The van der Waals surface area contributed by atoms with Gasteiger partial charge in [0.05, 0.1) is 0 Å². The van der Waals surface area contributed by atoms with Crippen molar-refractivity contribution in [1.29, 1.82) is 0 Å². The largest absolute Gasteiger partial charge is 0.421 e. The van der Waals surface area contributed by atoms with Gasteiger partial charge < -0.3 is 10.1 Å². The quantitative estimate of drug-likeness (QED) is 0.917. The van der Waals surface area contributed by atoms with Gasteiger partial charge in [-0.3, -0.25) is 0 Å². The Balaban J connectivity index is 2.24. The van der Waals surface area contributed by atoms with Crippen LogP contribution in [0.15, 0.2) is 18.2 Å². The number of ether oxygens (including phenoxy) is 1. The van der Waals surface area contributed by atoms with Gasteiger partial charge in [0.25, 0.3) is 0 Å².